The number of nitrogens with zero attached hydrogens (tertiary/aromatic N) is 2. The van der Waals surface area contributed by atoms with Crippen LogP contribution in [-0.4, -0.2) is 54.3 Å². The molecule has 0 bridgehead atoms. The summed E-state index contributed by atoms with van der Waals surface area (Å²) < 4.78 is 19.4. The third kappa shape index (κ3) is 5.28. The van der Waals surface area contributed by atoms with Crippen LogP contribution in [0.25, 0.3) is 0 Å². The van der Waals surface area contributed by atoms with Gasteiger partial charge < -0.3 is 9.84 Å². The number of benzene rings is 2. The van der Waals surface area contributed by atoms with E-state index in [-0.39, 0.29) is 18.5 Å². The van der Waals surface area contributed by atoms with Crippen LogP contribution >= 0.6 is 0 Å². The van der Waals surface area contributed by atoms with Gasteiger partial charge in [0, 0.05) is 57.0 Å². The summed E-state index contributed by atoms with van der Waals surface area (Å²) in [5, 5.41) is 9.50. The molecule has 1 N–H and O–H groups in total. The van der Waals surface area contributed by atoms with Crippen LogP contribution in [0.2, 0.25) is 0 Å². The molecule has 1 aliphatic heterocycles. The molecule has 0 aliphatic carbocycles. The van der Waals surface area contributed by atoms with Crippen molar-refractivity contribution in [2.45, 2.75) is 32.5 Å². The average Bonchev–Trinajstić information content (AvgIpc) is 2.67. The SMILES string of the molecule is COc1ccc(CN2CCN(Cc3ccc(C)cc3)C[C@@H]2CCO)c(F)c1. The highest BCUT2D eigenvalue weighted by molar-refractivity contribution is 5.29. The van der Waals surface area contributed by atoms with Gasteiger partial charge in [0.05, 0.1) is 7.11 Å². The lowest BCUT2D eigenvalue weighted by molar-refractivity contribution is 0.0493. The van der Waals surface area contributed by atoms with Crippen molar-refractivity contribution in [3.05, 3.63) is 65.0 Å². The fourth-order valence-electron chi connectivity index (χ4n) is 3.69. The Kier molecular flexibility index (Phi) is 6.83. The summed E-state index contributed by atoms with van der Waals surface area (Å²) in [6.45, 7) is 6.39. The van der Waals surface area contributed by atoms with E-state index in [4.69, 9.17) is 4.74 Å². The van der Waals surface area contributed by atoms with Crippen molar-refractivity contribution in [2.75, 3.05) is 33.4 Å². The Morgan fingerprint density at radius 3 is 2.56 bits per heavy atom. The second-order valence-corrected chi connectivity index (χ2v) is 7.31. The van der Waals surface area contributed by atoms with Crippen LogP contribution in [0.15, 0.2) is 42.5 Å². The van der Waals surface area contributed by atoms with Gasteiger partial charge in [0.15, 0.2) is 0 Å². The maximum absolute atomic E-state index is 14.3. The molecule has 4 nitrogen and oxygen atoms in total. The number of hydrogen-bond acceptors (Lipinski definition) is 4. The van der Waals surface area contributed by atoms with Gasteiger partial charge in [-0.2, -0.15) is 0 Å². The zero-order valence-corrected chi connectivity index (χ0v) is 16.2. The number of hydrogen-bond donors (Lipinski definition) is 1. The van der Waals surface area contributed by atoms with Crippen LogP contribution < -0.4 is 4.74 Å². The van der Waals surface area contributed by atoms with Crippen molar-refractivity contribution in [2.24, 2.45) is 0 Å². The Labute approximate surface area is 161 Å². The number of ether oxygens (including phenoxy) is 1. The first kappa shape index (κ1) is 19.8. The number of halogens is 1. The molecule has 3 rings (SSSR count). The van der Waals surface area contributed by atoms with Gasteiger partial charge in [0.2, 0.25) is 0 Å². The standard InChI is InChI=1S/C22H29FN2O2/c1-17-3-5-18(6-4-17)14-24-10-11-25(20(16-24)9-12-26)15-19-7-8-21(27-2)13-22(19)23/h3-8,13,20,26H,9-12,14-16H2,1-2H3/t20-/m0/s1. The van der Waals surface area contributed by atoms with Gasteiger partial charge in [-0.05, 0) is 25.0 Å². The molecule has 2 aromatic rings. The van der Waals surface area contributed by atoms with E-state index < -0.39 is 0 Å². The number of piperazine rings is 1. The lowest BCUT2D eigenvalue weighted by atomic mass is 10.1. The van der Waals surface area contributed by atoms with Gasteiger partial charge in [0.1, 0.15) is 11.6 Å². The van der Waals surface area contributed by atoms with Crippen LogP contribution in [0.3, 0.4) is 0 Å². The average molecular weight is 372 g/mol. The largest absolute Gasteiger partial charge is 0.497 e. The molecular formula is C22H29FN2O2. The second-order valence-electron chi connectivity index (χ2n) is 7.31. The maximum atomic E-state index is 14.3. The quantitative estimate of drug-likeness (QED) is 0.810. The minimum absolute atomic E-state index is 0.143. The van der Waals surface area contributed by atoms with Gasteiger partial charge >= 0.3 is 0 Å². The summed E-state index contributed by atoms with van der Waals surface area (Å²) in [5.41, 5.74) is 3.24. The minimum atomic E-state index is -0.237. The van der Waals surface area contributed by atoms with Gasteiger partial charge in [-0.25, -0.2) is 4.39 Å². The molecule has 1 heterocycles. The van der Waals surface area contributed by atoms with Crippen LogP contribution in [0.4, 0.5) is 4.39 Å². The molecule has 146 valence electrons. The van der Waals surface area contributed by atoms with Gasteiger partial charge in [-0.3, -0.25) is 9.80 Å². The van der Waals surface area contributed by atoms with E-state index in [9.17, 15) is 9.50 Å². The Hall–Kier alpha value is -1.95. The van der Waals surface area contributed by atoms with Gasteiger partial charge in [-0.1, -0.05) is 35.9 Å². The predicted octanol–water partition coefficient (Wildman–Crippen LogP) is 3.21. The van der Waals surface area contributed by atoms with E-state index in [2.05, 4.69) is 41.0 Å². The smallest absolute Gasteiger partial charge is 0.131 e. The molecule has 0 aromatic heterocycles. The molecule has 1 atom stereocenters. The molecule has 1 saturated heterocycles. The highest BCUT2D eigenvalue weighted by atomic mass is 19.1. The molecule has 0 amide bonds. The summed E-state index contributed by atoms with van der Waals surface area (Å²) in [5.74, 6) is 0.297. The zero-order chi connectivity index (χ0) is 19.2. The second kappa shape index (κ2) is 9.31. The fourth-order valence-corrected chi connectivity index (χ4v) is 3.69. The van der Waals surface area contributed by atoms with Crippen LogP contribution in [0.1, 0.15) is 23.1 Å². The third-order valence-electron chi connectivity index (χ3n) is 5.31. The molecule has 5 heteroatoms. The Morgan fingerprint density at radius 1 is 1.11 bits per heavy atom. The summed E-state index contributed by atoms with van der Waals surface area (Å²) in [6, 6.07) is 13.9. The lowest BCUT2D eigenvalue weighted by Gasteiger charge is -2.41. The number of aryl methyl sites for hydroxylation is 1. The predicted molar refractivity (Wildman–Crippen MR) is 105 cm³/mol. The first-order chi connectivity index (χ1) is 13.1. The Morgan fingerprint density at radius 2 is 1.89 bits per heavy atom. The van der Waals surface area contributed by atoms with E-state index in [1.165, 1.54) is 17.2 Å². The molecule has 1 aliphatic rings. The molecule has 0 saturated carbocycles. The topological polar surface area (TPSA) is 35.9 Å². The van der Waals surface area contributed by atoms with E-state index in [0.29, 0.717) is 24.3 Å². The number of rotatable bonds is 7. The highest BCUT2D eigenvalue weighted by Crippen LogP contribution is 2.22. The van der Waals surface area contributed by atoms with Crippen molar-refractivity contribution in [1.82, 2.24) is 9.80 Å². The number of aliphatic hydroxyl groups excluding tert-OH is 1. The van der Waals surface area contributed by atoms with Gasteiger partial charge in [-0.15, -0.1) is 0 Å². The molecular weight excluding hydrogens is 343 g/mol. The van der Waals surface area contributed by atoms with Crippen molar-refractivity contribution in [3.63, 3.8) is 0 Å². The number of aliphatic hydroxyl groups is 1. The molecule has 0 unspecified atom stereocenters. The third-order valence-corrected chi connectivity index (χ3v) is 5.31. The van der Waals surface area contributed by atoms with Crippen molar-refractivity contribution >= 4 is 0 Å². The molecule has 1 fully saturated rings. The maximum Gasteiger partial charge on any atom is 0.131 e. The van der Waals surface area contributed by atoms with Gasteiger partial charge in [0.25, 0.3) is 0 Å². The Bertz CT molecular complexity index is 736. The summed E-state index contributed by atoms with van der Waals surface area (Å²) in [6.07, 6.45) is 0.697. The van der Waals surface area contributed by atoms with Crippen molar-refractivity contribution < 1.29 is 14.2 Å². The zero-order valence-electron chi connectivity index (χ0n) is 16.2. The summed E-state index contributed by atoms with van der Waals surface area (Å²) in [4.78, 5) is 4.71. The van der Waals surface area contributed by atoms with E-state index in [1.807, 2.05) is 0 Å². The van der Waals surface area contributed by atoms with E-state index in [1.54, 1.807) is 19.2 Å². The number of methoxy groups -OCH3 is 1. The van der Waals surface area contributed by atoms with Crippen molar-refractivity contribution in [1.29, 1.82) is 0 Å². The molecule has 0 radical (unpaired) electrons. The van der Waals surface area contributed by atoms with E-state index in [0.717, 1.165) is 26.2 Å². The molecule has 0 spiro atoms. The van der Waals surface area contributed by atoms with Crippen molar-refractivity contribution in [3.8, 4) is 5.75 Å². The Balaban J connectivity index is 1.64. The first-order valence-corrected chi connectivity index (χ1v) is 9.54. The molecule has 27 heavy (non-hydrogen) atoms. The van der Waals surface area contributed by atoms with E-state index >= 15 is 0 Å². The normalized spacial score (nSPS) is 18.6. The minimum Gasteiger partial charge on any atom is -0.497 e. The van der Waals surface area contributed by atoms with Crippen LogP contribution in [0.5, 0.6) is 5.75 Å². The molecule has 2 aromatic carbocycles. The highest BCUT2D eigenvalue weighted by Gasteiger charge is 2.27. The van der Waals surface area contributed by atoms with Crippen LogP contribution in [0, 0.1) is 12.7 Å². The summed E-state index contributed by atoms with van der Waals surface area (Å²) in [7, 11) is 1.54. The summed E-state index contributed by atoms with van der Waals surface area (Å²) >= 11 is 0. The lowest BCUT2D eigenvalue weighted by Crippen LogP contribution is -2.52. The monoisotopic (exact) mass is 372 g/mol. The van der Waals surface area contributed by atoms with Crippen LogP contribution in [-0.2, 0) is 13.1 Å². The fraction of sp³-hybridized carbons (Fsp3) is 0.455. The first-order valence-electron chi connectivity index (χ1n) is 9.54.